The molecule has 34 heavy (non-hydrogen) atoms. The molecule has 0 aliphatic heterocycles. The van der Waals surface area contributed by atoms with Gasteiger partial charge in [0, 0.05) is 5.56 Å². The van der Waals surface area contributed by atoms with E-state index in [1.165, 1.54) is 55.8 Å². The van der Waals surface area contributed by atoms with Crippen molar-refractivity contribution in [2.24, 2.45) is 5.10 Å². The zero-order valence-electron chi connectivity index (χ0n) is 17.9. The molecule has 3 aromatic rings. The van der Waals surface area contributed by atoms with Crippen LogP contribution in [0.2, 0.25) is 5.02 Å². The van der Waals surface area contributed by atoms with Gasteiger partial charge in [-0.3, -0.25) is 9.10 Å². The minimum atomic E-state index is -4.14. The van der Waals surface area contributed by atoms with E-state index < -0.39 is 28.4 Å². The minimum absolute atomic E-state index is 0.00153. The molecular weight excluding hydrogens is 482 g/mol. The fourth-order valence-electron chi connectivity index (χ4n) is 2.99. The summed E-state index contributed by atoms with van der Waals surface area (Å²) in [5.74, 6) is -1.56. The van der Waals surface area contributed by atoms with Gasteiger partial charge >= 0.3 is 5.97 Å². The molecule has 0 unspecified atom stereocenters. The Bertz CT molecular complexity index is 1330. The van der Waals surface area contributed by atoms with Gasteiger partial charge in [0.25, 0.3) is 15.9 Å². The lowest BCUT2D eigenvalue weighted by Gasteiger charge is -2.24. The van der Waals surface area contributed by atoms with E-state index in [9.17, 15) is 23.1 Å². The van der Waals surface area contributed by atoms with Crippen molar-refractivity contribution in [3.63, 3.8) is 0 Å². The SMILES string of the molecule is COc1ccc(N(CC(=O)N/N=C\c2ccccc2C(=O)O)S(=O)(=O)c2ccccc2)cc1Cl. The summed E-state index contributed by atoms with van der Waals surface area (Å²) in [4.78, 5) is 23.9. The molecule has 11 heteroatoms. The number of carbonyl (C=O) groups is 2. The molecule has 0 spiro atoms. The number of nitrogens with one attached hydrogen (secondary N) is 1. The first kappa shape index (κ1) is 24.7. The third kappa shape index (κ3) is 5.72. The van der Waals surface area contributed by atoms with Crippen LogP contribution in [0.25, 0.3) is 0 Å². The Hall–Kier alpha value is -3.89. The molecule has 0 bridgehead atoms. The lowest BCUT2D eigenvalue weighted by molar-refractivity contribution is -0.119. The number of methoxy groups -OCH3 is 1. The monoisotopic (exact) mass is 501 g/mol. The first-order valence-corrected chi connectivity index (χ1v) is 11.6. The highest BCUT2D eigenvalue weighted by atomic mass is 35.5. The number of sulfonamides is 1. The van der Waals surface area contributed by atoms with Gasteiger partial charge in [0.15, 0.2) is 0 Å². The molecule has 0 aliphatic rings. The first-order valence-electron chi connectivity index (χ1n) is 9.79. The van der Waals surface area contributed by atoms with E-state index in [0.29, 0.717) is 5.75 Å². The number of carbonyl (C=O) groups excluding carboxylic acids is 1. The summed E-state index contributed by atoms with van der Waals surface area (Å²) in [6, 6.07) is 18.0. The molecule has 9 nitrogen and oxygen atoms in total. The van der Waals surface area contributed by atoms with E-state index in [4.69, 9.17) is 16.3 Å². The zero-order chi connectivity index (χ0) is 24.7. The Morgan fingerprint density at radius 3 is 2.41 bits per heavy atom. The Balaban J connectivity index is 1.88. The first-order chi connectivity index (χ1) is 16.2. The van der Waals surface area contributed by atoms with Gasteiger partial charge < -0.3 is 9.84 Å². The Morgan fingerprint density at radius 2 is 1.76 bits per heavy atom. The van der Waals surface area contributed by atoms with E-state index in [1.54, 1.807) is 30.3 Å². The number of rotatable bonds is 9. The maximum atomic E-state index is 13.3. The van der Waals surface area contributed by atoms with Crippen LogP contribution in [-0.4, -0.2) is 45.3 Å². The molecule has 0 radical (unpaired) electrons. The fraction of sp³-hybridized carbons (Fsp3) is 0.0870. The van der Waals surface area contributed by atoms with Crippen LogP contribution in [0.15, 0.2) is 82.8 Å². The van der Waals surface area contributed by atoms with Gasteiger partial charge in [-0.05, 0) is 36.4 Å². The number of halogens is 1. The molecule has 176 valence electrons. The molecule has 0 aliphatic carbocycles. The Labute approximate surface area is 201 Å². The summed E-state index contributed by atoms with van der Waals surface area (Å²) in [7, 11) is -2.71. The molecule has 0 aromatic heterocycles. The fourth-order valence-corrected chi connectivity index (χ4v) is 4.67. The number of ether oxygens (including phenoxy) is 1. The number of carboxylic acid groups (broad SMARTS) is 1. The van der Waals surface area contributed by atoms with Crippen molar-refractivity contribution in [2.75, 3.05) is 18.0 Å². The molecule has 0 saturated carbocycles. The third-order valence-electron chi connectivity index (χ3n) is 4.63. The Kier molecular flexibility index (Phi) is 7.87. The molecule has 2 N–H and O–H groups in total. The Morgan fingerprint density at radius 1 is 1.09 bits per heavy atom. The van der Waals surface area contributed by atoms with Crippen molar-refractivity contribution in [3.05, 3.63) is 88.9 Å². The highest BCUT2D eigenvalue weighted by Gasteiger charge is 2.27. The summed E-state index contributed by atoms with van der Waals surface area (Å²) < 4.78 is 32.6. The topological polar surface area (TPSA) is 125 Å². The van der Waals surface area contributed by atoms with Crippen LogP contribution in [0.1, 0.15) is 15.9 Å². The van der Waals surface area contributed by atoms with Gasteiger partial charge in [-0.25, -0.2) is 18.6 Å². The van der Waals surface area contributed by atoms with Crippen LogP contribution in [0, 0.1) is 0 Å². The minimum Gasteiger partial charge on any atom is -0.495 e. The van der Waals surface area contributed by atoms with E-state index in [0.717, 1.165) is 4.31 Å². The molecule has 3 rings (SSSR count). The number of aromatic carboxylic acids is 1. The average molecular weight is 502 g/mol. The second-order valence-electron chi connectivity index (χ2n) is 6.83. The van der Waals surface area contributed by atoms with E-state index in [2.05, 4.69) is 10.5 Å². The third-order valence-corrected chi connectivity index (χ3v) is 6.71. The maximum Gasteiger partial charge on any atom is 0.336 e. The van der Waals surface area contributed by atoms with E-state index in [1.807, 2.05) is 0 Å². The normalized spacial score (nSPS) is 11.2. The number of carboxylic acids is 1. The van der Waals surface area contributed by atoms with Gasteiger partial charge in [0.05, 0.1) is 34.5 Å². The van der Waals surface area contributed by atoms with Crippen molar-refractivity contribution < 1.29 is 27.9 Å². The van der Waals surface area contributed by atoms with Crippen molar-refractivity contribution in [1.29, 1.82) is 0 Å². The van der Waals surface area contributed by atoms with Gasteiger partial charge in [-0.15, -0.1) is 0 Å². The molecule has 0 fully saturated rings. The van der Waals surface area contributed by atoms with Gasteiger partial charge in [0.2, 0.25) is 0 Å². The van der Waals surface area contributed by atoms with Gasteiger partial charge in [0.1, 0.15) is 12.3 Å². The molecule has 0 saturated heterocycles. The zero-order valence-corrected chi connectivity index (χ0v) is 19.5. The van der Waals surface area contributed by atoms with Crippen LogP contribution in [0.5, 0.6) is 5.75 Å². The second kappa shape index (κ2) is 10.8. The number of hydrazone groups is 1. The standard InChI is InChI=1S/C23H20ClN3O6S/c1-33-21-12-11-17(13-20(21)24)27(34(31,32)18-8-3-2-4-9-18)15-22(28)26-25-14-16-7-5-6-10-19(16)23(29)30/h2-14H,15H2,1H3,(H,26,28)(H,29,30)/b25-14-. The van der Waals surface area contributed by atoms with Crippen molar-refractivity contribution in [1.82, 2.24) is 5.43 Å². The van der Waals surface area contributed by atoms with Crippen LogP contribution in [0.4, 0.5) is 5.69 Å². The highest BCUT2D eigenvalue weighted by molar-refractivity contribution is 7.92. The van der Waals surface area contributed by atoms with Crippen LogP contribution >= 0.6 is 11.6 Å². The largest absolute Gasteiger partial charge is 0.495 e. The predicted molar refractivity (Wildman–Crippen MR) is 128 cm³/mol. The second-order valence-corrected chi connectivity index (χ2v) is 9.10. The summed E-state index contributed by atoms with van der Waals surface area (Å²) in [6.45, 7) is -0.613. The summed E-state index contributed by atoms with van der Waals surface area (Å²) in [5.41, 5.74) is 2.65. The predicted octanol–water partition coefficient (Wildman–Crippen LogP) is 3.39. The molecule has 0 atom stereocenters. The highest BCUT2D eigenvalue weighted by Crippen LogP contribution is 2.31. The smallest absolute Gasteiger partial charge is 0.336 e. The van der Waals surface area contributed by atoms with Crippen LogP contribution in [0.3, 0.4) is 0 Å². The number of hydrogen-bond donors (Lipinski definition) is 2. The van der Waals surface area contributed by atoms with E-state index >= 15 is 0 Å². The number of benzene rings is 3. The molecular formula is C23H20ClN3O6S. The number of amides is 1. The van der Waals surface area contributed by atoms with Crippen molar-refractivity contribution in [2.45, 2.75) is 4.90 Å². The van der Waals surface area contributed by atoms with E-state index in [-0.39, 0.29) is 26.7 Å². The summed E-state index contributed by atoms with van der Waals surface area (Å²) in [6.07, 6.45) is 1.17. The van der Waals surface area contributed by atoms with Crippen LogP contribution in [-0.2, 0) is 14.8 Å². The van der Waals surface area contributed by atoms with Crippen molar-refractivity contribution >= 4 is 45.4 Å². The quantitative estimate of drug-likeness (QED) is 0.342. The maximum absolute atomic E-state index is 13.3. The number of nitrogens with zero attached hydrogens (tertiary/aromatic N) is 2. The number of anilines is 1. The van der Waals surface area contributed by atoms with Gasteiger partial charge in [-0.1, -0.05) is 48.0 Å². The summed E-state index contributed by atoms with van der Waals surface area (Å²) in [5, 5.41) is 13.2. The lowest BCUT2D eigenvalue weighted by atomic mass is 10.1. The van der Waals surface area contributed by atoms with Crippen LogP contribution < -0.4 is 14.5 Å². The summed E-state index contributed by atoms with van der Waals surface area (Å²) >= 11 is 6.18. The van der Waals surface area contributed by atoms with Crippen molar-refractivity contribution in [3.8, 4) is 5.75 Å². The average Bonchev–Trinajstić information content (AvgIpc) is 2.83. The number of hydrogen-bond acceptors (Lipinski definition) is 6. The molecule has 3 aromatic carbocycles. The molecule has 1 amide bonds. The molecule has 0 heterocycles. The lowest BCUT2D eigenvalue weighted by Crippen LogP contribution is -2.39. The van der Waals surface area contributed by atoms with Gasteiger partial charge in [-0.2, -0.15) is 5.10 Å².